The predicted molar refractivity (Wildman–Crippen MR) is 77.6 cm³/mol. The Labute approximate surface area is 120 Å². The number of hydrogen-bond donors (Lipinski definition) is 1. The van der Waals surface area contributed by atoms with E-state index in [1.54, 1.807) is 0 Å². The van der Waals surface area contributed by atoms with Crippen molar-refractivity contribution in [2.24, 2.45) is 0 Å². The molecule has 3 aromatic rings. The van der Waals surface area contributed by atoms with Crippen LogP contribution in [0.15, 0.2) is 57.7 Å². The number of rotatable bonds is 4. The normalized spacial score (nSPS) is 10.9. The van der Waals surface area contributed by atoms with Crippen LogP contribution in [0.3, 0.4) is 0 Å². The Kier molecular flexibility index (Phi) is 3.31. The van der Waals surface area contributed by atoms with Gasteiger partial charge < -0.3 is 9.52 Å². The molecule has 0 amide bonds. The van der Waals surface area contributed by atoms with Gasteiger partial charge in [-0.25, -0.2) is 9.59 Å². The minimum absolute atomic E-state index is 0.136. The van der Waals surface area contributed by atoms with Gasteiger partial charge in [-0.1, -0.05) is 30.3 Å². The van der Waals surface area contributed by atoms with Crippen molar-refractivity contribution < 1.29 is 14.3 Å². The van der Waals surface area contributed by atoms with Crippen LogP contribution < -0.4 is 5.76 Å². The second kappa shape index (κ2) is 5.28. The zero-order chi connectivity index (χ0) is 14.8. The predicted octanol–water partition coefficient (Wildman–Crippen LogP) is 2.54. The Bertz CT molecular complexity index is 846. The van der Waals surface area contributed by atoms with E-state index in [0.29, 0.717) is 24.1 Å². The zero-order valence-corrected chi connectivity index (χ0v) is 11.2. The molecule has 21 heavy (non-hydrogen) atoms. The number of aryl methyl sites for hydroxylation is 2. The molecule has 0 radical (unpaired) electrons. The highest BCUT2D eigenvalue weighted by molar-refractivity contribution is 5.91. The molecule has 0 fully saturated rings. The second-order valence-electron chi connectivity index (χ2n) is 4.74. The Morgan fingerprint density at radius 2 is 1.90 bits per heavy atom. The van der Waals surface area contributed by atoms with Gasteiger partial charge in [-0.3, -0.25) is 4.57 Å². The number of oxazole rings is 1. The van der Waals surface area contributed by atoms with Crippen molar-refractivity contribution in [3.63, 3.8) is 0 Å². The lowest BCUT2D eigenvalue weighted by Crippen LogP contribution is -2.15. The van der Waals surface area contributed by atoms with Gasteiger partial charge in [-0.05, 0) is 30.2 Å². The molecule has 0 aliphatic heterocycles. The topological polar surface area (TPSA) is 72.4 Å². The van der Waals surface area contributed by atoms with Gasteiger partial charge in [-0.15, -0.1) is 0 Å². The average Bonchev–Trinajstić information content (AvgIpc) is 2.80. The molecule has 106 valence electrons. The van der Waals surface area contributed by atoms with E-state index in [1.165, 1.54) is 22.8 Å². The first kappa shape index (κ1) is 13.2. The van der Waals surface area contributed by atoms with E-state index in [0.717, 1.165) is 5.56 Å². The number of nitrogens with zero attached hydrogens (tertiary/aromatic N) is 1. The van der Waals surface area contributed by atoms with E-state index < -0.39 is 11.7 Å². The minimum atomic E-state index is -1.03. The zero-order valence-electron chi connectivity index (χ0n) is 11.2. The lowest BCUT2D eigenvalue weighted by atomic mass is 10.1. The SMILES string of the molecule is O=C(O)c1ccc2oc(=O)n(CCc3ccccc3)c2c1. The minimum Gasteiger partial charge on any atom is -0.478 e. The molecular weight excluding hydrogens is 270 g/mol. The molecule has 0 aliphatic rings. The standard InChI is InChI=1S/C16H13NO4/c18-15(19)12-6-7-14-13(10-12)17(16(20)21-14)9-8-11-4-2-1-3-5-11/h1-7,10H,8-9H2,(H,18,19). The van der Waals surface area contributed by atoms with Gasteiger partial charge >= 0.3 is 11.7 Å². The molecule has 0 bridgehead atoms. The molecule has 0 aliphatic carbocycles. The van der Waals surface area contributed by atoms with E-state index in [9.17, 15) is 9.59 Å². The number of hydrogen-bond acceptors (Lipinski definition) is 3. The number of benzene rings is 2. The summed E-state index contributed by atoms with van der Waals surface area (Å²) in [4.78, 5) is 22.9. The van der Waals surface area contributed by atoms with Crippen LogP contribution in [0, 0.1) is 0 Å². The fraction of sp³-hybridized carbons (Fsp3) is 0.125. The molecule has 1 N–H and O–H groups in total. The second-order valence-corrected chi connectivity index (χ2v) is 4.74. The first-order valence-electron chi connectivity index (χ1n) is 6.56. The molecule has 0 saturated heterocycles. The van der Waals surface area contributed by atoms with Gasteiger partial charge in [0.05, 0.1) is 11.1 Å². The third kappa shape index (κ3) is 2.58. The van der Waals surface area contributed by atoms with Crippen molar-refractivity contribution in [1.82, 2.24) is 4.57 Å². The highest BCUT2D eigenvalue weighted by Crippen LogP contribution is 2.16. The third-order valence-electron chi connectivity index (χ3n) is 3.38. The molecule has 2 aromatic carbocycles. The van der Waals surface area contributed by atoms with E-state index in [4.69, 9.17) is 9.52 Å². The Morgan fingerprint density at radius 3 is 2.62 bits per heavy atom. The molecule has 1 aromatic heterocycles. The first-order chi connectivity index (χ1) is 10.1. The van der Waals surface area contributed by atoms with Crippen molar-refractivity contribution in [3.8, 4) is 0 Å². The van der Waals surface area contributed by atoms with Crippen LogP contribution in [-0.4, -0.2) is 15.6 Å². The number of aromatic carboxylic acids is 1. The van der Waals surface area contributed by atoms with Crippen LogP contribution in [-0.2, 0) is 13.0 Å². The summed E-state index contributed by atoms with van der Waals surface area (Å²) in [7, 11) is 0. The van der Waals surface area contributed by atoms with Gasteiger partial charge in [0.15, 0.2) is 5.58 Å². The summed E-state index contributed by atoms with van der Waals surface area (Å²) in [6.45, 7) is 0.443. The summed E-state index contributed by atoms with van der Waals surface area (Å²) in [6, 6.07) is 14.2. The molecule has 3 rings (SSSR count). The Balaban J connectivity index is 1.97. The average molecular weight is 283 g/mol. The monoisotopic (exact) mass is 283 g/mol. The molecule has 0 spiro atoms. The maximum atomic E-state index is 11.9. The highest BCUT2D eigenvalue weighted by atomic mass is 16.4. The van der Waals surface area contributed by atoms with Gasteiger partial charge in [-0.2, -0.15) is 0 Å². The molecule has 0 atom stereocenters. The van der Waals surface area contributed by atoms with Crippen molar-refractivity contribution in [1.29, 1.82) is 0 Å². The van der Waals surface area contributed by atoms with Crippen LogP contribution in [0.4, 0.5) is 0 Å². The summed E-state index contributed by atoms with van der Waals surface area (Å²) in [5.41, 5.74) is 2.15. The van der Waals surface area contributed by atoms with Gasteiger partial charge in [0.2, 0.25) is 0 Å². The van der Waals surface area contributed by atoms with E-state index in [-0.39, 0.29) is 5.56 Å². The van der Waals surface area contributed by atoms with Crippen LogP contribution >= 0.6 is 0 Å². The van der Waals surface area contributed by atoms with Crippen molar-refractivity contribution in [2.75, 3.05) is 0 Å². The lowest BCUT2D eigenvalue weighted by Gasteiger charge is -2.03. The van der Waals surface area contributed by atoms with Crippen LogP contribution in [0.2, 0.25) is 0 Å². The number of carbonyl (C=O) groups is 1. The van der Waals surface area contributed by atoms with Gasteiger partial charge in [0, 0.05) is 6.54 Å². The molecular formula is C16H13NO4. The maximum Gasteiger partial charge on any atom is 0.419 e. The van der Waals surface area contributed by atoms with E-state index >= 15 is 0 Å². The number of aromatic nitrogens is 1. The number of fused-ring (bicyclic) bond motifs is 1. The highest BCUT2D eigenvalue weighted by Gasteiger charge is 2.12. The first-order valence-corrected chi connectivity index (χ1v) is 6.56. The molecule has 5 nitrogen and oxygen atoms in total. The van der Waals surface area contributed by atoms with Gasteiger partial charge in [0.1, 0.15) is 0 Å². The van der Waals surface area contributed by atoms with Crippen LogP contribution in [0.1, 0.15) is 15.9 Å². The van der Waals surface area contributed by atoms with Crippen molar-refractivity contribution in [2.45, 2.75) is 13.0 Å². The van der Waals surface area contributed by atoms with E-state index in [2.05, 4.69) is 0 Å². The fourth-order valence-corrected chi connectivity index (χ4v) is 2.29. The largest absolute Gasteiger partial charge is 0.478 e. The quantitative estimate of drug-likeness (QED) is 0.798. The molecule has 5 heteroatoms. The summed E-state index contributed by atoms with van der Waals surface area (Å²) >= 11 is 0. The number of carboxylic acid groups (broad SMARTS) is 1. The lowest BCUT2D eigenvalue weighted by molar-refractivity contribution is 0.0697. The van der Waals surface area contributed by atoms with Crippen LogP contribution in [0.25, 0.3) is 11.1 Å². The van der Waals surface area contributed by atoms with E-state index in [1.807, 2.05) is 30.3 Å². The smallest absolute Gasteiger partial charge is 0.419 e. The fourth-order valence-electron chi connectivity index (χ4n) is 2.29. The van der Waals surface area contributed by atoms with Crippen LogP contribution in [0.5, 0.6) is 0 Å². The summed E-state index contributed by atoms with van der Waals surface area (Å²) in [5, 5.41) is 9.03. The third-order valence-corrected chi connectivity index (χ3v) is 3.38. The summed E-state index contributed by atoms with van der Waals surface area (Å²) < 4.78 is 6.60. The number of carboxylic acids is 1. The summed E-state index contributed by atoms with van der Waals surface area (Å²) in [5.74, 6) is -1.50. The Hall–Kier alpha value is -2.82. The van der Waals surface area contributed by atoms with Crippen molar-refractivity contribution >= 4 is 17.1 Å². The molecule has 0 saturated carbocycles. The van der Waals surface area contributed by atoms with Crippen molar-refractivity contribution in [3.05, 3.63) is 70.2 Å². The summed E-state index contributed by atoms with van der Waals surface area (Å²) in [6.07, 6.45) is 0.673. The molecule has 1 heterocycles. The Morgan fingerprint density at radius 1 is 1.14 bits per heavy atom. The van der Waals surface area contributed by atoms with Gasteiger partial charge in [0.25, 0.3) is 0 Å². The molecule has 0 unspecified atom stereocenters. The maximum absolute atomic E-state index is 11.9.